The largest absolute Gasteiger partial charge is 0.416 e. The van der Waals surface area contributed by atoms with Gasteiger partial charge in [-0.2, -0.15) is 13.2 Å². The quantitative estimate of drug-likeness (QED) is 0.459. The van der Waals surface area contributed by atoms with E-state index in [-0.39, 0.29) is 29.9 Å². The van der Waals surface area contributed by atoms with Gasteiger partial charge in [-0.1, -0.05) is 37.6 Å². The fraction of sp³-hybridized carbons (Fsp3) is 0.227. The summed E-state index contributed by atoms with van der Waals surface area (Å²) in [4.78, 5) is 22.9. The first kappa shape index (κ1) is 21.8. The van der Waals surface area contributed by atoms with Gasteiger partial charge in [0, 0.05) is 23.2 Å². The summed E-state index contributed by atoms with van der Waals surface area (Å²) in [7, 11) is 0. The zero-order chi connectivity index (χ0) is 21.9. The minimum atomic E-state index is -4.46. The van der Waals surface area contributed by atoms with Crippen LogP contribution in [0.4, 0.5) is 24.8 Å². The molecule has 1 aromatic heterocycles. The Morgan fingerprint density at radius 2 is 1.80 bits per heavy atom. The normalized spacial score (nSPS) is 11.6. The number of carbonyl (C=O) groups is 1. The molecule has 0 N–H and O–H groups in total. The Labute approximate surface area is 177 Å². The third kappa shape index (κ3) is 5.16. The van der Waals surface area contributed by atoms with Crippen molar-refractivity contribution >= 4 is 29.1 Å². The van der Waals surface area contributed by atoms with Crippen molar-refractivity contribution < 1.29 is 18.0 Å². The van der Waals surface area contributed by atoms with E-state index in [4.69, 9.17) is 11.6 Å². The second-order valence-corrected chi connectivity index (χ2v) is 7.56. The van der Waals surface area contributed by atoms with E-state index < -0.39 is 11.7 Å². The maximum atomic E-state index is 12.9. The van der Waals surface area contributed by atoms with Crippen molar-refractivity contribution in [3.05, 3.63) is 71.4 Å². The molecule has 0 aliphatic heterocycles. The number of alkyl halides is 3. The number of rotatable bonds is 5. The van der Waals surface area contributed by atoms with Gasteiger partial charge in [0.15, 0.2) is 0 Å². The second-order valence-electron chi connectivity index (χ2n) is 7.12. The summed E-state index contributed by atoms with van der Waals surface area (Å²) in [6.07, 6.45) is -2.78. The maximum absolute atomic E-state index is 12.9. The first-order valence-corrected chi connectivity index (χ1v) is 9.62. The molecule has 0 atom stereocenters. The maximum Gasteiger partial charge on any atom is 0.416 e. The highest BCUT2D eigenvalue weighted by Crippen LogP contribution is 2.32. The lowest BCUT2D eigenvalue weighted by Crippen LogP contribution is -2.28. The minimum absolute atomic E-state index is 0.0468. The average molecular weight is 434 g/mol. The Bertz CT molecular complexity index is 1040. The lowest BCUT2D eigenvalue weighted by Gasteiger charge is -2.22. The van der Waals surface area contributed by atoms with Crippen LogP contribution in [0.5, 0.6) is 0 Å². The van der Waals surface area contributed by atoms with Gasteiger partial charge in [0.25, 0.3) is 0 Å². The summed E-state index contributed by atoms with van der Waals surface area (Å²) in [5, 5.41) is 0.531. The van der Waals surface area contributed by atoms with E-state index >= 15 is 0 Å². The van der Waals surface area contributed by atoms with E-state index in [0.717, 1.165) is 17.7 Å². The second kappa shape index (κ2) is 8.83. The predicted octanol–water partition coefficient (Wildman–Crippen LogP) is 6.53. The van der Waals surface area contributed by atoms with Gasteiger partial charge < -0.3 is 0 Å². The molecule has 8 heteroatoms. The van der Waals surface area contributed by atoms with Crippen molar-refractivity contribution in [2.75, 3.05) is 4.90 Å². The fourth-order valence-electron chi connectivity index (χ4n) is 2.88. The summed E-state index contributed by atoms with van der Waals surface area (Å²) < 4.78 is 38.8. The number of anilines is 2. The molecule has 0 radical (unpaired) electrons. The molecule has 0 saturated carbocycles. The Kier molecular flexibility index (Phi) is 6.41. The van der Waals surface area contributed by atoms with Gasteiger partial charge in [-0.05, 0) is 48.4 Å². The first-order valence-electron chi connectivity index (χ1n) is 9.24. The van der Waals surface area contributed by atoms with Crippen LogP contribution in [0, 0.1) is 5.92 Å². The van der Waals surface area contributed by atoms with E-state index in [1.165, 1.54) is 23.2 Å². The van der Waals surface area contributed by atoms with Gasteiger partial charge in [-0.3, -0.25) is 4.79 Å². The zero-order valence-electron chi connectivity index (χ0n) is 16.3. The molecule has 1 heterocycles. The molecular formula is C22H19ClF3N3O. The number of hydrogen-bond donors (Lipinski definition) is 0. The van der Waals surface area contributed by atoms with Crippen molar-refractivity contribution in [1.82, 2.24) is 9.97 Å². The SMILES string of the molecule is CC(C)CC(=O)N(c1ccc(C(F)(F)F)cc1)c1nccc(-c2cccc(Cl)c2)n1. The van der Waals surface area contributed by atoms with Crippen LogP contribution >= 0.6 is 11.6 Å². The number of carbonyl (C=O) groups excluding carboxylic acids is 1. The number of hydrogen-bond acceptors (Lipinski definition) is 3. The molecule has 3 rings (SSSR count). The molecule has 0 unspecified atom stereocenters. The van der Waals surface area contributed by atoms with Crippen LogP contribution in [0.15, 0.2) is 60.8 Å². The van der Waals surface area contributed by atoms with Crippen molar-refractivity contribution in [2.24, 2.45) is 5.92 Å². The van der Waals surface area contributed by atoms with Gasteiger partial charge >= 0.3 is 6.18 Å². The third-order valence-corrected chi connectivity index (χ3v) is 4.48. The highest BCUT2D eigenvalue weighted by Gasteiger charge is 2.31. The Balaban J connectivity index is 2.05. The standard InChI is InChI=1S/C22H19ClF3N3O/c1-14(2)12-20(30)29(18-8-6-16(7-9-18)22(24,25)26)21-27-11-10-19(28-21)15-4-3-5-17(23)13-15/h3-11,13-14H,12H2,1-2H3. The number of aromatic nitrogens is 2. The molecule has 2 aromatic carbocycles. The molecule has 0 bridgehead atoms. The van der Waals surface area contributed by atoms with Crippen molar-refractivity contribution in [2.45, 2.75) is 26.4 Å². The molecule has 0 fully saturated rings. The third-order valence-electron chi connectivity index (χ3n) is 4.25. The van der Waals surface area contributed by atoms with E-state index in [1.54, 1.807) is 24.3 Å². The predicted molar refractivity (Wildman–Crippen MR) is 111 cm³/mol. The topological polar surface area (TPSA) is 46.1 Å². The summed E-state index contributed by atoms with van der Waals surface area (Å²) >= 11 is 6.05. The number of halogens is 4. The summed E-state index contributed by atoms with van der Waals surface area (Å²) in [5.74, 6) is -0.184. The summed E-state index contributed by atoms with van der Waals surface area (Å²) in [6.45, 7) is 3.76. The molecule has 0 saturated heterocycles. The smallest absolute Gasteiger partial charge is 0.274 e. The molecule has 0 aliphatic carbocycles. The lowest BCUT2D eigenvalue weighted by atomic mass is 10.1. The van der Waals surface area contributed by atoms with Crippen molar-refractivity contribution in [1.29, 1.82) is 0 Å². The molecule has 4 nitrogen and oxygen atoms in total. The van der Waals surface area contributed by atoms with Crippen LogP contribution in [0.3, 0.4) is 0 Å². The summed E-state index contributed by atoms with van der Waals surface area (Å²) in [5.41, 5.74) is 0.736. The van der Waals surface area contributed by atoms with Gasteiger partial charge in [0.2, 0.25) is 11.9 Å². The molecule has 3 aromatic rings. The van der Waals surface area contributed by atoms with Crippen molar-refractivity contribution in [3.63, 3.8) is 0 Å². The minimum Gasteiger partial charge on any atom is -0.274 e. The Hall–Kier alpha value is -2.93. The first-order chi connectivity index (χ1) is 14.1. The van der Waals surface area contributed by atoms with Crippen LogP contribution in [-0.2, 0) is 11.0 Å². The highest BCUT2D eigenvalue weighted by molar-refractivity contribution is 6.30. The zero-order valence-corrected chi connectivity index (χ0v) is 17.1. The van der Waals surface area contributed by atoms with Gasteiger partial charge in [-0.15, -0.1) is 0 Å². The average Bonchev–Trinajstić information content (AvgIpc) is 2.67. The van der Waals surface area contributed by atoms with E-state index in [1.807, 2.05) is 19.9 Å². The Morgan fingerprint density at radius 1 is 1.10 bits per heavy atom. The van der Waals surface area contributed by atoms with E-state index in [9.17, 15) is 18.0 Å². The molecule has 30 heavy (non-hydrogen) atoms. The van der Waals surface area contributed by atoms with Crippen LogP contribution in [0.25, 0.3) is 11.3 Å². The van der Waals surface area contributed by atoms with Crippen LogP contribution in [-0.4, -0.2) is 15.9 Å². The number of nitrogens with zero attached hydrogens (tertiary/aromatic N) is 3. The highest BCUT2D eigenvalue weighted by atomic mass is 35.5. The van der Waals surface area contributed by atoms with Crippen LogP contribution in [0.2, 0.25) is 5.02 Å². The monoisotopic (exact) mass is 433 g/mol. The van der Waals surface area contributed by atoms with E-state index in [2.05, 4.69) is 9.97 Å². The molecule has 156 valence electrons. The molecule has 0 aliphatic rings. The van der Waals surface area contributed by atoms with Crippen molar-refractivity contribution in [3.8, 4) is 11.3 Å². The number of benzene rings is 2. The molecular weight excluding hydrogens is 415 g/mol. The van der Waals surface area contributed by atoms with Gasteiger partial charge in [0.1, 0.15) is 0 Å². The van der Waals surface area contributed by atoms with Gasteiger partial charge in [-0.25, -0.2) is 14.9 Å². The lowest BCUT2D eigenvalue weighted by molar-refractivity contribution is -0.137. The Morgan fingerprint density at radius 3 is 2.40 bits per heavy atom. The number of amides is 1. The van der Waals surface area contributed by atoms with Crippen LogP contribution in [0.1, 0.15) is 25.8 Å². The summed E-state index contributed by atoms with van der Waals surface area (Å²) in [6, 6.07) is 13.1. The van der Waals surface area contributed by atoms with E-state index in [0.29, 0.717) is 10.7 Å². The fourth-order valence-corrected chi connectivity index (χ4v) is 3.07. The molecule has 0 spiro atoms. The van der Waals surface area contributed by atoms with Gasteiger partial charge in [0.05, 0.1) is 16.9 Å². The molecule has 1 amide bonds. The van der Waals surface area contributed by atoms with Crippen LogP contribution < -0.4 is 4.90 Å².